The molecule has 1 aliphatic rings. The zero-order valence-electron chi connectivity index (χ0n) is 24.8. The van der Waals surface area contributed by atoms with E-state index in [2.05, 4.69) is 20.9 Å². The van der Waals surface area contributed by atoms with Crippen molar-refractivity contribution < 1.29 is 24.2 Å². The van der Waals surface area contributed by atoms with Gasteiger partial charge in [0, 0.05) is 71.7 Å². The van der Waals surface area contributed by atoms with Crippen LogP contribution in [0.5, 0.6) is 11.6 Å². The largest absolute Gasteiger partial charge is 0.496 e. The molecule has 2 aromatic carbocycles. The van der Waals surface area contributed by atoms with E-state index >= 15 is 0 Å². The van der Waals surface area contributed by atoms with Gasteiger partial charge in [-0.15, -0.1) is 0 Å². The normalized spacial score (nSPS) is 14.3. The van der Waals surface area contributed by atoms with E-state index in [-0.39, 0.29) is 18.5 Å². The van der Waals surface area contributed by atoms with Crippen molar-refractivity contribution in [3.05, 3.63) is 82.0 Å². The molecule has 0 radical (unpaired) electrons. The first-order chi connectivity index (χ1) is 21.8. The molecule has 10 nitrogen and oxygen atoms in total. The predicted molar refractivity (Wildman–Crippen MR) is 174 cm³/mol. The van der Waals surface area contributed by atoms with Crippen LogP contribution in [0.4, 0.5) is 0 Å². The monoisotopic (exact) mass is 649 g/mol. The maximum Gasteiger partial charge on any atom is 0.317 e. The van der Waals surface area contributed by atoms with Crippen LogP contribution >= 0.6 is 23.2 Å². The van der Waals surface area contributed by atoms with E-state index in [9.17, 15) is 9.59 Å². The summed E-state index contributed by atoms with van der Waals surface area (Å²) in [6, 6.07) is 17.0. The van der Waals surface area contributed by atoms with Gasteiger partial charge in [0.25, 0.3) is 0 Å². The van der Waals surface area contributed by atoms with Crippen LogP contribution in [0.2, 0.25) is 10.0 Å². The highest BCUT2D eigenvalue weighted by atomic mass is 35.5. The SMILES string of the molecule is COc1cc(-c2nccc(-c3cccc(-c4ccc(CNC[C@@H]5CCC(=O)N5)c(OC)n4)c3Cl)c2Cl)ccc1CNCC(=O)O. The van der Waals surface area contributed by atoms with Crippen LogP contribution in [0.1, 0.15) is 24.0 Å². The number of methoxy groups -OCH3 is 2. The maximum absolute atomic E-state index is 11.5. The number of rotatable bonds is 13. The number of nitrogens with zero attached hydrogens (tertiary/aromatic N) is 2. The number of benzene rings is 2. The molecule has 1 saturated heterocycles. The lowest BCUT2D eigenvalue weighted by atomic mass is 9.99. The van der Waals surface area contributed by atoms with E-state index in [0.29, 0.717) is 64.7 Å². The summed E-state index contributed by atoms with van der Waals surface area (Å²) in [6.45, 7) is 1.37. The number of aliphatic carboxylic acids is 1. The van der Waals surface area contributed by atoms with Gasteiger partial charge in [0.05, 0.1) is 42.2 Å². The summed E-state index contributed by atoms with van der Waals surface area (Å²) < 4.78 is 11.2. The second kappa shape index (κ2) is 14.7. The minimum absolute atomic E-state index is 0.0900. The number of carbonyl (C=O) groups is 2. The number of halogens is 2. The second-order valence-electron chi connectivity index (χ2n) is 10.5. The number of hydrogen-bond donors (Lipinski definition) is 4. The van der Waals surface area contributed by atoms with Gasteiger partial charge >= 0.3 is 5.97 Å². The molecule has 0 bridgehead atoms. The van der Waals surface area contributed by atoms with Crippen LogP contribution in [0.3, 0.4) is 0 Å². The molecule has 45 heavy (non-hydrogen) atoms. The van der Waals surface area contributed by atoms with Gasteiger partial charge in [-0.05, 0) is 24.6 Å². The van der Waals surface area contributed by atoms with E-state index < -0.39 is 5.97 Å². The van der Waals surface area contributed by atoms with Crippen LogP contribution in [-0.2, 0) is 22.7 Å². The van der Waals surface area contributed by atoms with Crippen LogP contribution in [0.25, 0.3) is 33.6 Å². The summed E-state index contributed by atoms with van der Waals surface area (Å²) in [5.41, 5.74) is 5.76. The van der Waals surface area contributed by atoms with Gasteiger partial charge in [-0.25, -0.2) is 4.98 Å². The number of carbonyl (C=O) groups excluding carboxylic acids is 1. The first kappa shape index (κ1) is 32.2. The molecule has 0 spiro atoms. The standard InChI is InChI=1S/C33H33Cl2N5O5/c1-44-27-14-19(6-7-20(27)15-37-18-29(42)43)32-31(35)24(12-13-38-32)23-4-3-5-25(30(23)34)26-10-8-21(33(40-26)45-2)16-36-17-22-9-11-28(41)39-22/h3-8,10,12-14,22,36-37H,9,11,15-18H2,1-2H3,(H,39,41)(H,42,43)/t22-/m0/s1. The Labute approximate surface area is 271 Å². The van der Waals surface area contributed by atoms with Gasteiger partial charge in [0.1, 0.15) is 5.75 Å². The lowest BCUT2D eigenvalue weighted by Crippen LogP contribution is -2.35. The first-order valence-corrected chi connectivity index (χ1v) is 15.1. The number of hydrogen-bond acceptors (Lipinski definition) is 8. The first-order valence-electron chi connectivity index (χ1n) is 14.4. The summed E-state index contributed by atoms with van der Waals surface area (Å²) in [5, 5.41) is 19.0. The van der Waals surface area contributed by atoms with Gasteiger partial charge in [-0.3, -0.25) is 14.6 Å². The van der Waals surface area contributed by atoms with Gasteiger partial charge in [-0.1, -0.05) is 59.6 Å². The Hall–Kier alpha value is -4.22. The topological polar surface area (TPSA) is 135 Å². The smallest absolute Gasteiger partial charge is 0.317 e. The summed E-state index contributed by atoms with van der Waals surface area (Å²) in [4.78, 5) is 31.6. The molecule has 0 aliphatic carbocycles. The van der Waals surface area contributed by atoms with Crippen molar-refractivity contribution in [2.24, 2.45) is 0 Å². The highest BCUT2D eigenvalue weighted by Gasteiger charge is 2.21. The molecule has 234 valence electrons. The lowest BCUT2D eigenvalue weighted by molar-refractivity contribution is -0.136. The zero-order valence-corrected chi connectivity index (χ0v) is 26.3. The molecule has 4 N–H and O–H groups in total. The molecular formula is C33H33Cl2N5O5. The third kappa shape index (κ3) is 7.54. The highest BCUT2D eigenvalue weighted by Crippen LogP contribution is 2.42. The highest BCUT2D eigenvalue weighted by molar-refractivity contribution is 6.39. The molecule has 1 aliphatic heterocycles. The summed E-state index contributed by atoms with van der Waals surface area (Å²) in [6.07, 6.45) is 3.07. The minimum atomic E-state index is -0.937. The quantitative estimate of drug-likeness (QED) is 0.151. The van der Waals surface area contributed by atoms with Crippen LogP contribution < -0.4 is 25.4 Å². The summed E-state index contributed by atoms with van der Waals surface area (Å²) in [7, 11) is 3.14. The van der Waals surface area contributed by atoms with Crippen LogP contribution in [0, 0.1) is 0 Å². The van der Waals surface area contributed by atoms with E-state index in [1.165, 1.54) is 0 Å². The molecule has 12 heteroatoms. The fourth-order valence-electron chi connectivity index (χ4n) is 5.27. The van der Waals surface area contributed by atoms with E-state index in [0.717, 1.165) is 34.2 Å². The third-order valence-electron chi connectivity index (χ3n) is 7.53. The molecule has 1 amide bonds. The molecule has 4 aromatic rings. The number of amides is 1. The second-order valence-corrected chi connectivity index (χ2v) is 11.3. The predicted octanol–water partition coefficient (Wildman–Crippen LogP) is 5.34. The number of carboxylic acids is 1. The Morgan fingerprint density at radius 2 is 1.73 bits per heavy atom. The lowest BCUT2D eigenvalue weighted by Gasteiger charge is -2.16. The Morgan fingerprint density at radius 3 is 2.47 bits per heavy atom. The number of ether oxygens (including phenoxy) is 2. The zero-order chi connectivity index (χ0) is 31.9. The van der Waals surface area contributed by atoms with Crippen LogP contribution in [0.15, 0.2) is 60.8 Å². The van der Waals surface area contributed by atoms with E-state index in [4.69, 9.17) is 42.8 Å². The van der Waals surface area contributed by atoms with Crippen molar-refractivity contribution in [2.45, 2.75) is 32.0 Å². The van der Waals surface area contributed by atoms with Crippen molar-refractivity contribution in [1.29, 1.82) is 0 Å². The number of carboxylic acid groups (broad SMARTS) is 1. The Bertz CT molecular complexity index is 1720. The molecule has 0 unspecified atom stereocenters. The average Bonchev–Trinajstić information content (AvgIpc) is 3.46. The molecular weight excluding hydrogens is 617 g/mol. The van der Waals surface area contributed by atoms with Gasteiger partial charge < -0.3 is 30.5 Å². The molecule has 5 rings (SSSR count). The number of aromatic nitrogens is 2. The number of nitrogens with one attached hydrogen (secondary N) is 3. The maximum atomic E-state index is 11.5. The van der Waals surface area contributed by atoms with Gasteiger partial charge in [0.2, 0.25) is 11.8 Å². The minimum Gasteiger partial charge on any atom is -0.496 e. The molecule has 2 aromatic heterocycles. The molecule has 1 atom stereocenters. The van der Waals surface area contributed by atoms with E-state index in [1.807, 2.05) is 54.6 Å². The van der Waals surface area contributed by atoms with Crippen molar-refractivity contribution in [3.8, 4) is 45.3 Å². The van der Waals surface area contributed by atoms with Gasteiger partial charge in [0.15, 0.2) is 0 Å². The Kier molecular flexibility index (Phi) is 10.5. The summed E-state index contributed by atoms with van der Waals surface area (Å²) in [5.74, 6) is 0.218. The fraction of sp³-hybridized carbons (Fsp3) is 0.273. The third-order valence-corrected chi connectivity index (χ3v) is 8.32. The van der Waals surface area contributed by atoms with Crippen molar-refractivity contribution in [3.63, 3.8) is 0 Å². The Balaban J connectivity index is 1.39. The average molecular weight is 651 g/mol. The summed E-state index contributed by atoms with van der Waals surface area (Å²) >= 11 is 14.0. The fourth-order valence-corrected chi connectivity index (χ4v) is 5.92. The molecule has 3 heterocycles. The Morgan fingerprint density at radius 1 is 0.978 bits per heavy atom. The van der Waals surface area contributed by atoms with Crippen LogP contribution in [-0.4, -0.2) is 60.3 Å². The molecule has 0 saturated carbocycles. The van der Waals surface area contributed by atoms with Crippen molar-refractivity contribution in [1.82, 2.24) is 25.9 Å². The van der Waals surface area contributed by atoms with Crippen molar-refractivity contribution >= 4 is 35.1 Å². The van der Waals surface area contributed by atoms with Crippen molar-refractivity contribution in [2.75, 3.05) is 27.3 Å². The number of pyridine rings is 2. The van der Waals surface area contributed by atoms with Gasteiger partial charge in [-0.2, -0.15) is 0 Å². The van der Waals surface area contributed by atoms with E-state index in [1.54, 1.807) is 20.4 Å². The molecule has 1 fully saturated rings.